The highest BCUT2D eigenvalue weighted by atomic mass is 35.5. The van der Waals surface area contributed by atoms with E-state index < -0.39 is 34.9 Å². The number of halogens is 2. The van der Waals surface area contributed by atoms with Crippen LogP contribution >= 0.6 is 11.6 Å². The fourth-order valence-corrected chi connectivity index (χ4v) is 6.74. The van der Waals surface area contributed by atoms with Gasteiger partial charge >= 0.3 is 6.03 Å². The lowest BCUT2D eigenvalue weighted by Gasteiger charge is -2.34. The van der Waals surface area contributed by atoms with Gasteiger partial charge in [0.05, 0.1) is 29.1 Å². The molecule has 2 aliphatic carbocycles. The number of nitrogens with one attached hydrogen (secondary N) is 2. The predicted molar refractivity (Wildman–Crippen MR) is 178 cm³/mol. The summed E-state index contributed by atoms with van der Waals surface area (Å²) in [5.74, 6) is -0.547. The van der Waals surface area contributed by atoms with Gasteiger partial charge in [-0.3, -0.25) is 9.78 Å². The lowest BCUT2D eigenvalue weighted by molar-refractivity contribution is -0.120. The number of likely N-dealkylation sites (tertiary alicyclic amines) is 1. The molecule has 240 valence electrons. The van der Waals surface area contributed by atoms with Gasteiger partial charge in [-0.05, 0) is 79.3 Å². The second-order valence-electron chi connectivity index (χ2n) is 12.6. The number of hydrogen-bond acceptors (Lipinski definition) is 5. The molecule has 10 heteroatoms. The Morgan fingerprint density at radius 1 is 1.13 bits per heavy atom. The van der Waals surface area contributed by atoms with Gasteiger partial charge in [0.15, 0.2) is 0 Å². The van der Waals surface area contributed by atoms with Crippen LogP contribution in [0.1, 0.15) is 49.8 Å². The number of anilines is 2. The summed E-state index contributed by atoms with van der Waals surface area (Å²) in [4.78, 5) is 33.8. The van der Waals surface area contributed by atoms with Gasteiger partial charge in [-0.25, -0.2) is 9.18 Å². The van der Waals surface area contributed by atoms with Crippen molar-refractivity contribution in [3.05, 3.63) is 113 Å². The van der Waals surface area contributed by atoms with Gasteiger partial charge in [-0.2, -0.15) is 0 Å². The zero-order valence-corrected chi connectivity index (χ0v) is 26.6. The van der Waals surface area contributed by atoms with Crippen LogP contribution in [0, 0.1) is 17.7 Å². The maximum atomic E-state index is 15.4. The Hall–Kier alpha value is -4.05. The fraction of sp³-hybridized carbons (Fsp3) is 0.361. The first-order valence-corrected chi connectivity index (χ1v) is 16.1. The molecule has 2 fully saturated rings. The standard InChI is InChI=1S/C36H39ClFN5O3/c1-46-35(25-7-3-2-4-8-25)22-31(43(23-35)34(45)41-28-15-13-27(37)14-16-28)33(44)42-30-21-26(12-17-29(30)38)36(39,19-18-24-10-11-24)32-9-5-6-20-40-32/h2-7,9,12-17,20-21,24-25,31H,8,10-11,18-19,22-23,39H2,1H3,(H,41,45)(H,42,44)/t25?,31-,35-,36?/m1/s1. The maximum absolute atomic E-state index is 15.4. The predicted octanol–water partition coefficient (Wildman–Crippen LogP) is 7.03. The van der Waals surface area contributed by atoms with E-state index in [9.17, 15) is 9.59 Å². The molecular formula is C36H39ClFN5O3. The number of allylic oxidation sites excluding steroid dienone is 3. The van der Waals surface area contributed by atoms with Crippen LogP contribution in [-0.4, -0.2) is 47.1 Å². The highest BCUT2D eigenvalue weighted by molar-refractivity contribution is 6.30. The topological polar surface area (TPSA) is 110 Å². The van der Waals surface area contributed by atoms with Crippen LogP contribution in [0.25, 0.3) is 0 Å². The molecule has 4 atom stereocenters. The van der Waals surface area contributed by atoms with E-state index in [1.165, 1.54) is 23.8 Å². The summed E-state index contributed by atoms with van der Waals surface area (Å²) in [7, 11) is 1.60. The van der Waals surface area contributed by atoms with Crippen LogP contribution in [0.5, 0.6) is 0 Å². The summed E-state index contributed by atoms with van der Waals surface area (Å²) < 4.78 is 21.5. The fourth-order valence-electron chi connectivity index (χ4n) is 6.62. The number of rotatable bonds is 10. The summed E-state index contributed by atoms with van der Waals surface area (Å²) in [6.45, 7) is 0.166. The zero-order valence-electron chi connectivity index (χ0n) is 25.8. The molecule has 1 saturated carbocycles. The van der Waals surface area contributed by atoms with E-state index in [1.54, 1.807) is 49.7 Å². The lowest BCUT2D eigenvalue weighted by Crippen LogP contribution is -2.46. The van der Waals surface area contributed by atoms with E-state index in [4.69, 9.17) is 22.1 Å². The molecule has 3 aliphatic rings. The Morgan fingerprint density at radius 3 is 2.61 bits per heavy atom. The number of benzene rings is 2. The molecule has 2 heterocycles. The van der Waals surface area contributed by atoms with Crippen molar-refractivity contribution in [2.75, 3.05) is 24.3 Å². The molecule has 46 heavy (non-hydrogen) atoms. The largest absolute Gasteiger partial charge is 0.376 e. The number of amides is 3. The second-order valence-corrected chi connectivity index (χ2v) is 13.0. The number of carbonyl (C=O) groups is 2. The minimum atomic E-state index is -0.971. The summed E-state index contributed by atoms with van der Waals surface area (Å²) in [6.07, 6.45) is 14.6. The lowest BCUT2D eigenvalue weighted by atomic mass is 9.80. The normalized spacial score (nSPS) is 23.6. The number of carbonyl (C=O) groups excluding carboxylic acids is 2. The van der Waals surface area contributed by atoms with Crippen molar-refractivity contribution in [2.45, 2.75) is 55.7 Å². The van der Waals surface area contributed by atoms with Crippen LogP contribution in [0.15, 0.2) is 91.2 Å². The van der Waals surface area contributed by atoms with Crippen LogP contribution in [0.4, 0.5) is 20.6 Å². The SMILES string of the molecule is CO[C@]1(C2C=CC=CC2)C[C@H](C(=O)Nc2cc(C(N)(CCC3CC3)c3ccccn3)ccc2F)N(C(=O)Nc2ccc(Cl)cc2)C1. The number of aromatic nitrogens is 1. The van der Waals surface area contributed by atoms with Crippen molar-refractivity contribution in [3.8, 4) is 0 Å². The highest BCUT2D eigenvalue weighted by Gasteiger charge is 2.52. The van der Waals surface area contributed by atoms with Crippen molar-refractivity contribution >= 4 is 34.9 Å². The Balaban J connectivity index is 1.29. The van der Waals surface area contributed by atoms with Crippen LogP contribution in [-0.2, 0) is 15.1 Å². The molecule has 3 amide bonds. The first-order chi connectivity index (χ1) is 22.2. The smallest absolute Gasteiger partial charge is 0.322 e. The Kier molecular flexibility index (Phi) is 9.27. The minimum Gasteiger partial charge on any atom is -0.376 e. The van der Waals surface area contributed by atoms with E-state index in [2.05, 4.69) is 15.6 Å². The number of ether oxygens (including phenoxy) is 1. The monoisotopic (exact) mass is 643 g/mol. The molecule has 1 aliphatic heterocycles. The van der Waals surface area contributed by atoms with Crippen molar-refractivity contribution in [3.63, 3.8) is 0 Å². The summed E-state index contributed by atoms with van der Waals surface area (Å²) >= 11 is 6.03. The van der Waals surface area contributed by atoms with E-state index in [-0.39, 0.29) is 24.6 Å². The molecule has 6 rings (SSSR count). The molecule has 8 nitrogen and oxygen atoms in total. The third kappa shape index (κ3) is 6.72. The highest BCUT2D eigenvalue weighted by Crippen LogP contribution is 2.42. The number of pyridine rings is 1. The van der Waals surface area contributed by atoms with Gasteiger partial charge in [0.2, 0.25) is 5.91 Å². The first kappa shape index (κ1) is 31.9. The number of methoxy groups -OCH3 is 1. The van der Waals surface area contributed by atoms with E-state index in [1.807, 2.05) is 42.5 Å². The summed E-state index contributed by atoms with van der Waals surface area (Å²) in [5, 5.41) is 6.21. The maximum Gasteiger partial charge on any atom is 0.322 e. The van der Waals surface area contributed by atoms with Crippen molar-refractivity contribution in [1.29, 1.82) is 0 Å². The number of nitrogens with two attached hydrogens (primary N) is 1. The Morgan fingerprint density at radius 2 is 1.93 bits per heavy atom. The number of nitrogens with zero attached hydrogens (tertiary/aromatic N) is 2. The molecule has 1 saturated heterocycles. The molecule has 2 unspecified atom stereocenters. The quantitative estimate of drug-likeness (QED) is 0.220. The van der Waals surface area contributed by atoms with Gasteiger partial charge in [0.25, 0.3) is 0 Å². The molecule has 0 spiro atoms. The molecule has 2 aromatic carbocycles. The zero-order chi connectivity index (χ0) is 32.3. The van der Waals surface area contributed by atoms with Gasteiger partial charge in [-0.1, -0.05) is 60.9 Å². The molecule has 3 aromatic rings. The van der Waals surface area contributed by atoms with Crippen LogP contribution in [0.2, 0.25) is 5.02 Å². The number of hydrogen-bond donors (Lipinski definition) is 3. The molecule has 0 bridgehead atoms. The third-order valence-corrected chi connectivity index (χ3v) is 9.83. The molecule has 0 radical (unpaired) electrons. The summed E-state index contributed by atoms with van der Waals surface area (Å²) in [5.41, 5.74) is 7.13. The third-order valence-electron chi connectivity index (χ3n) is 9.58. The molecule has 4 N–H and O–H groups in total. The van der Waals surface area contributed by atoms with E-state index >= 15 is 4.39 Å². The minimum absolute atomic E-state index is 0.00634. The van der Waals surface area contributed by atoms with Crippen molar-refractivity contribution in [2.24, 2.45) is 17.6 Å². The van der Waals surface area contributed by atoms with E-state index in [0.29, 0.717) is 40.7 Å². The average molecular weight is 644 g/mol. The van der Waals surface area contributed by atoms with Crippen LogP contribution < -0.4 is 16.4 Å². The molecule has 1 aromatic heterocycles. The van der Waals surface area contributed by atoms with Crippen molar-refractivity contribution < 1.29 is 18.7 Å². The summed E-state index contributed by atoms with van der Waals surface area (Å²) in [6, 6.07) is 15.5. The number of urea groups is 1. The van der Waals surface area contributed by atoms with Gasteiger partial charge < -0.3 is 26.0 Å². The van der Waals surface area contributed by atoms with Crippen LogP contribution in [0.3, 0.4) is 0 Å². The van der Waals surface area contributed by atoms with E-state index in [0.717, 1.165) is 6.42 Å². The van der Waals surface area contributed by atoms with Gasteiger partial charge in [0, 0.05) is 36.4 Å². The average Bonchev–Trinajstić information content (AvgIpc) is 3.83. The second kappa shape index (κ2) is 13.4. The molecular weight excluding hydrogens is 605 g/mol. The van der Waals surface area contributed by atoms with Crippen molar-refractivity contribution in [1.82, 2.24) is 9.88 Å². The van der Waals surface area contributed by atoms with Gasteiger partial charge in [0.1, 0.15) is 11.9 Å². The Bertz CT molecular complexity index is 1630. The van der Waals surface area contributed by atoms with Gasteiger partial charge in [-0.15, -0.1) is 0 Å². The Labute approximate surface area is 273 Å². The first-order valence-electron chi connectivity index (χ1n) is 15.7.